The van der Waals surface area contributed by atoms with Crippen molar-refractivity contribution >= 4 is 17.3 Å². The fraction of sp³-hybridized carbons (Fsp3) is 0.159. The number of carbonyl (C=O) groups excluding carboxylic acids is 1. The monoisotopic (exact) mass is 726 g/mol. The second kappa shape index (κ2) is 19.0. The van der Waals surface area contributed by atoms with Gasteiger partial charge in [0.25, 0.3) is 0 Å². The molecule has 0 saturated carbocycles. The maximum atomic E-state index is 12.8. The van der Waals surface area contributed by atoms with Crippen molar-refractivity contribution in [3.63, 3.8) is 0 Å². The first-order valence-electron chi connectivity index (χ1n) is 17.4. The van der Waals surface area contributed by atoms with Crippen molar-refractivity contribution in [3.05, 3.63) is 185 Å². The number of ether oxygens (including phenoxy) is 3. The molecule has 0 aromatic heterocycles. The maximum Gasteiger partial charge on any atom is 0.320 e. The van der Waals surface area contributed by atoms with Crippen molar-refractivity contribution in [2.45, 2.75) is 26.0 Å². The zero-order valence-electron chi connectivity index (χ0n) is 30.6. The van der Waals surface area contributed by atoms with E-state index in [9.17, 15) is 9.90 Å². The summed E-state index contributed by atoms with van der Waals surface area (Å²) in [6, 6.07) is 48.2. The highest BCUT2D eigenvalue weighted by Crippen LogP contribution is 2.36. The number of nitrogens with one attached hydrogen (secondary N) is 1. The zero-order valence-corrected chi connectivity index (χ0v) is 30.6. The first kappa shape index (κ1) is 38.9. The molecule has 0 bridgehead atoms. The van der Waals surface area contributed by atoms with Crippen LogP contribution in [0.15, 0.2) is 152 Å². The van der Waals surface area contributed by atoms with E-state index in [1.807, 2.05) is 105 Å². The highest BCUT2D eigenvalue weighted by molar-refractivity contribution is 5.72. The molecule has 0 fully saturated rings. The first-order chi connectivity index (χ1) is 26.2. The fourth-order valence-corrected chi connectivity index (χ4v) is 5.84. The third-order valence-electron chi connectivity index (χ3n) is 8.64. The van der Waals surface area contributed by atoms with Gasteiger partial charge in [-0.25, -0.2) is 10.7 Å². The van der Waals surface area contributed by atoms with E-state index in [1.54, 1.807) is 12.1 Å². The molecule has 0 aliphatic carbocycles. The van der Waals surface area contributed by atoms with Crippen molar-refractivity contribution in [2.24, 2.45) is 5.84 Å². The zero-order chi connectivity index (χ0) is 38.3. The van der Waals surface area contributed by atoms with Gasteiger partial charge in [0.2, 0.25) is 6.79 Å². The summed E-state index contributed by atoms with van der Waals surface area (Å²) in [5.41, 5.74) is 12.2. The number of esters is 1. The number of nitrogens with two attached hydrogens (primary N) is 2. The van der Waals surface area contributed by atoms with Crippen LogP contribution in [-0.2, 0) is 26.5 Å². The molecule has 54 heavy (non-hydrogen) atoms. The average Bonchev–Trinajstić information content (AvgIpc) is 3.20. The molecule has 278 valence electrons. The minimum absolute atomic E-state index is 0.00689. The summed E-state index contributed by atoms with van der Waals surface area (Å²) in [4.78, 5) is 18.2. The first-order valence-corrected chi connectivity index (χ1v) is 17.4. The van der Waals surface area contributed by atoms with Gasteiger partial charge in [-0.1, -0.05) is 115 Å². The van der Waals surface area contributed by atoms with Crippen LogP contribution in [0.5, 0.6) is 17.2 Å². The number of phenols is 1. The quantitative estimate of drug-likeness (QED) is 0.0222. The van der Waals surface area contributed by atoms with Crippen LogP contribution in [0.2, 0.25) is 0 Å². The minimum Gasteiger partial charge on any atom is -0.508 e. The molecule has 0 spiro atoms. The number of methoxy groups -OCH3 is 1. The molecule has 0 heterocycles. The van der Waals surface area contributed by atoms with Crippen LogP contribution in [0.25, 0.3) is 0 Å². The molecule has 0 radical (unpaired) electrons. The second-order valence-corrected chi connectivity index (χ2v) is 12.5. The third-order valence-corrected chi connectivity index (χ3v) is 8.64. The number of aryl methyl sites for hydroxylation is 2. The van der Waals surface area contributed by atoms with E-state index in [4.69, 9.17) is 30.6 Å². The highest BCUT2D eigenvalue weighted by Gasteiger charge is 2.36. The van der Waals surface area contributed by atoms with E-state index in [2.05, 4.69) is 41.7 Å². The Morgan fingerprint density at radius 1 is 0.741 bits per heavy atom. The Kier molecular flexibility index (Phi) is 13.6. The normalized spacial score (nSPS) is 10.8. The standard InChI is InChI=1S/C29H27NO4.C15H19N3O2/c1-33-27-19-26(31)18-17-22(27)21-34-28(32)20-30-29(23-11-5-2-6-12-23,24-13-7-3-8-14-24)25-15-9-4-10-16-25;1-11-3-6-13(7-4-11)19-10-20-18(17)15-9-12(2)5-8-14(15)16/h2-19,30-31H,20-21H2,1H3;3-9H,10,16-17H2,1-2H3. The number of rotatable bonds is 14. The van der Waals surface area contributed by atoms with Crippen LogP contribution in [0.3, 0.4) is 0 Å². The van der Waals surface area contributed by atoms with Crippen molar-refractivity contribution in [1.29, 1.82) is 0 Å². The maximum absolute atomic E-state index is 12.8. The molecule has 0 aliphatic heterocycles. The molecule has 10 heteroatoms. The molecular formula is C44H46N4O6. The SMILES string of the molecule is COc1cc(O)ccc1COC(=O)CNC(c1ccccc1)(c1ccccc1)c1ccccc1.Cc1ccc(OCON(N)c2cc(C)ccc2N)cc1. The number of nitrogens with zero attached hydrogens (tertiary/aromatic N) is 1. The summed E-state index contributed by atoms with van der Waals surface area (Å²) >= 11 is 0. The van der Waals surface area contributed by atoms with Gasteiger partial charge in [0.05, 0.1) is 24.9 Å². The van der Waals surface area contributed by atoms with Gasteiger partial charge in [0.1, 0.15) is 29.5 Å². The molecule has 10 nitrogen and oxygen atoms in total. The van der Waals surface area contributed by atoms with E-state index >= 15 is 0 Å². The number of benzene rings is 6. The summed E-state index contributed by atoms with van der Waals surface area (Å²) in [6.45, 7) is 4.01. The molecule has 6 rings (SSSR count). The molecular weight excluding hydrogens is 681 g/mol. The fourth-order valence-electron chi connectivity index (χ4n) is 5.84. The Labute approximate surface area is 316 Å². The number of phenolic OH excluding ortho intramolecular Hbond substituents is 1. The van der Waals surface area contributed by atoms with Crippen LogP contribution >= 0.6 is 0 Å². The van der Waals surface area contributed by atoms with Crippen molar-refractivity contribution in [3.8, 4) is 17.2 Å². The van der Waals surface area contributed by atoms with Gasteiger partial charge in [-0.15, -0.1) is 0 Å². The second-order valence-electron chi connectivity index (χ2n) is 12.5. The van der Waals surface area contributed by atoms with Gasteiger partial charge in [0, 0.05) is 11.6 Å². The van der Waals surface area contributed by atoms with Crippen LogP contribution < -0.4 is 31.5 Å². The minimum atomic E-state index is -0.751. The number of hydrazine groups is 1. The van der Waals surface area contributed by atoms with E-state index < -0.39 is 11.5 Å². The molecule has 0 amide bonds. The summed E-state index contributed by atoms with van der Waals surface area (Å²) in [7, 11) is 1.51. The van der Waals surface area contributed by atoms with Gasteiger partial charge in [-0.3, -0.25) is 10.1 Å². The molecule has 6 aromatic carbocycles. The highest BCUT2D eigenvalue weighted by atomic mass is 16.8. The van der Waals surface area contributed by atoms with Gasteiger partial charge in [-0.2, -0.15) is 5.17 Å². The molecule has 6 N–H and O–H groups in total. The number of anilines is 2. The van der Waals surface area contributed by atoms with Gasteiger partial charge in [0.15, 0.2) is 0 Å². The number of carbonyl (C=O) groups is 1. The van der Waals surface area contributed by atoms with Gasteiger partial charge >= 0.3 is 5.97 Å². The molecule has 6 aromatic rings. The van der Waals surface area contributed by atoms with E-state index in [0.29, 0.717) is 22.7 Å². The largest absolute Gasteiger partial charge is 0.508 e. The molecule has 0 saturated heterocycles. The van der Waals surface area contributed by atoms with Crippen molar-refractivity contribution < 1.29 is 28.9 Å². The predicted molar refractivity (Wildman–Crippen MR) is 212 cm³/mol. The van der Waals surface area contributed by atoms with E-state index in [0.717, 1.165) is 33.2 Å². The van der Waals surface area contributed by atoms with E-state index in [-0.39, 0.29) is 25.7 Å². The van der Waals surface area contributed by atoms with Crippen LogP contribution in [-0.4, -0.2) is 31.5 Å². The summed E-state index contributed by atoms with van der Waals surface area (Å²) in [5, 5.41) is 14.3. The third kappa shape index (κ3) is 10.2. The molecule has 0 atom stereocenters. The number of hydrogen-bond donors (Lipinski definition) is 4. The van der Waals surface area contributed by atoms with Crippen LogP contribution in [0.1, 0.15) is 33.4 Å². The van der Waals surface area contributed by atoms with Crippen LogP contribution in [0, 0.1) is 13.8 Å². The number of nitrogen functional groups attached to an aromatic ring is 1. The van der Waals surface area contributed by atoms with Gasteiger partial charge in [-0.05, 0) is 72.5 Å². The Morgan fingerprint density at radius 3 is 1.85 bits per heavy atom. The summed E-state index contributed by atoms with van der Waals surface area (Å²) < 4.78 is 16.3. The lowest BCUT2D eigenvalue weighted by atomic mass is 9.77. The lowest BCUT2D eigenvalue weighted by molar-refractivity contribution is -0.144. The predicted octanol–water partition coefficient (Wildman–Crippen LogP) is 7.56. The molecule has 0 aliphatic rings. The Bertz CT molecular complexity index is 1970. The topological polar surface area (TPSA) is 142 Å². The summed E-state index contributed by atoms with van der Waals surface area (Å²) in [6.07, 6.45) is 0. The van der Waals surface area contributed by atoms with Crippen molar-refractivity contribution in [2.75, 3.05) is 31.4 Å². The Balaban J connectivity index is 0.000000239. The Hall–Kier alpha value is -6.33. The van der Waals surface area contributed by atoms with E-state index in [1.165, 1.54) is 24.8 Å². The Morgan fingerprint density at radius 2 is 1.30 bits per heavy atom. The smallest absolute Gasteiger partial charge is 0.320 e. The van der Waals surface area contributed by atoms with Gasteiger partial charge < -0.3 is 25.1 Å². The number of aromatic hydroxyl groups is 1. The van der Waals surface area contributed by atoms with Crippen molar-refractivity contribution in [1.82, 2.24) is 5.32 Å². The average molecular weight is 727 g/mol. The van der Waals surface area contributed by atoms with Crippen LogP contribution in [0.4, 0.5) is 11.4 Å². The number of hydrogen-bond acceptors (Lipinski definition) is 10. The lowest BCUT2D eigenvalue weighted by Gasteiger charge is -2.36. The molecule has 0 unspecified atom stereocenters. The summed E-state index contributed by atoms with van der Waals surface area (Å²) in [5.74, 6) is 6.68. The lowest BCUT2D eigenvalue weighted by Crippen LogP contribution is -2.47.